The summed E-state index contributed by atoms with van der Waals surface area (Å²) >= 11 is 3.43. The van der Waals surface area contributed by atoms with Crippen molar-refractivity contribution in [1.82, 2.24) is 14.5 Å². The molecule has 2 atom stereocenters. The first kappa shape index (κ1) is 17.6. The summed E-state index contributed by atoms with van der Waals surface area (Å²) in [5.74, 6) is -0.340. The van der Waals surface area contributed by atoms with Crippen molar-refractivity contribution in [3.8, 4) is 0 Å². The average Bonchev–Trinajstić information content (AvgIpc) is 3.02. The third kappa shape index (κ3) is 3.04. The first-order valence-corrected chi connectivity index (χ1v) is 9.61. The number of nitrogens with zero attached hydrogens (tertiary/aromatic N) is 4. The maximum absolute atomic E-state index is 14.6. The van der Waals surface area contributed by atoms with Gasteiger partial charge in [0.05, 0.1) is 23.8 Å². The number of carbonyl (C=O) groups is 1. The van der Waals surface area contributed by atoms with E-state index in [-0.39, 0.29) is 24.0 Å². The molecule has 0 aliphatic carbocycles. The van der Waals surface area contributed by atoms with Crippen LogP contribution in [0.4, 0.5) is 14.9 Å². The van der Waals surface area contributed by atoms with Gasteiger partial charge in [0.1, 0.15) is 11.3 Å². The number of halogens is 2. The van der Waals surface area contributed by atoms with Crippen LogP contribution in [0.5, 0.6) is 0 Å². The van der Waals surface area contributed by atoms with Crippen molar-refractivity contribution >= 4 is 33.2 Å². The Morgan fingerprint density at radius 2 is 1.96 bits per heavy atom. The fraction of sp³-hybridized carbons (Fsp3) is 0.556. The van der Waals surface area contributed by atoms with E-state index in [0.29, 0.717) is 18.8 Å². The lowest BCUT2D eigenvalue weighted by atomic mass is 10.1. The average molecular weight is 425 g/mol. The molecule has 0 radical (unpaired) electrons. The Bertz CT molecular complexity index is 849. The summed E-state index contributed by atoms with van der Waals surface area (Å²) in [6.07, 6.45) is 4.61. The zero-order chi connectivity index (χ0) is 18.6. The highest BCUT2D eigenvalue weighted by Crippen LogP contribution is 2.36. The van der Waals surface area contributed by atoms with Crippen LogP contribution in [-0.4, -0.2) is 51.4 Å². The van der Waals surface area contributed by atoms with Crippen LogP contribution in [0.1, 0.15) is 33.6 Å². The molecule has 2 aliphatic rings. The second kappa shape index (κ2) is 6.11. The Labute approximate surface area is 160 Å². The fourth-order valence-corrected chi connectivity index (χ4v) is 4.41. The highest BCUT2D eigenvalue weighted by atomic mass is 79.9. The van der Waals surface area contributed by atoms with Gasteiger partial charge in [-0.25, -0.2) is 13.7 Å². The molecule has 8 heteroatoms. The molecule has 0 N–H and O–H groups in total. The Balaban J connectivity index is 1.62. The minimum atomic E-state index is -0.519. The number of piperazine rings is 1. The lowest BCUT2D eigenvalue weighted by Gasteiger charge is -2.42. The fourth-order valence-electron chi connectivity index (χ4n) is 4.00. The van der Waals surface area contributed by atoms with E-state index in [2.05, 4.69) is 21.0 Å². The number of hydrogen-bond acceptors (Lipinski definition) is 4. The summed E-state index contributed by atoms with van der Waals surface area (Å²) < 4.78 is 22.7. The number of ether oxygens (including phenoxy) is 1. The summed E-state index contributed by atoms with van der Waals surface area (Å²) in [6, 6.07) is 1.94. The molecule has 0 saturated carbocycles. The van der Waals surface area contributed by atoms with Gasteiger partial charge in [0.2, 0.25) is 0 Å². The number of amides is 1. The van der Waals surface area contributed by atoms with E-state index in [0.717, 1.165) is 22.8 Å². The number of hydrogen-bond donors (Lipinski definition) is 0. The van der Waals surface area contributed by atoms with Crippen molar-refractivity contribution in [2.45, 2.75) is 51.3 Å². The summed E-state index contributed by atoms with van der Waals surface area (Å²) in [7, 11) is 0. The van der Waals surface area contributed by atoms with Gasteiger partial charge < -0.3 is 9.64 Å². The van der Waals surface area contributed by atoms with Crippen LogP contribution in [0.15, 0.2) is 22.9 Å². The molecule has 4 rings (SSSR count). The SMILES string of the molecule is CC(C)(C)OC(=O)N1C2CCC1CN(c1c(F)cnn3cc(Br)cc13)C2. The van der Waals surface area contributed by atoms with Gasteiger partial charge in [-0.3, -0.25) is 4.90 Å². The number of rotatable bonds is 1. The predicted molar refractivity (Wildman–Crippen MR) is 99.9 cm³/mol. The van der Waals surface area contributed by atoms with Crippen molar-refractivity contribution < 1.29 is 13.9 Å². The molecule has 4 heterocycles. The van der Waals surface area contributed by atoms with Crippen LogP contribution in [0.25, 0.3) is 5.52 Å². The maximum atomic E-state index is 14.6. The van der Waals surface area contributed by atoms with E-state index in [4.69, 9.17) is 4.74 Å². The highest BCUT2D eigenvalue weighted by molar-refractivity contribution is 9.10. The van der Waals surface area contributed by atoms with E-state index < -0.39 is 5.60 Å². The number of aromatic nitrogens is 2. The molecular formula is C18H22BrFN4O2. The molecule has 6 nitrogen and oxygen atoms in total. The van der Waals surface area contributed by atoms with Gasteiger partial charge in [-0.15, -0.1) is 0 Å². The summed E-state index contributed by atoms with van der Waals surface area (Å²) in [6.45, 7) is 6.80. The standard InChI is InChI=1S/C18H22BrFN4O2/c1-18(2,3)26-17(25)24-12-4-5-13(24)10-22(9-12)16-14(20)7-21-23-8-11(19)6-15(16)23/h6-8,12-13H,4-5,9-10H2,1-3H3. The van der Waals surface area contributed by atoms with Gasteiger partial charge in [0.25, 0.3) is 0 Å². The lowest BCUT2D eigenvalue weighted by Crippen LogP contribution is -2.57. The first-order valence-electron chi connectivity index (χ1n) is 8.81. The molecule has 26 heavy (non-hydrogen) atoms. The number of fused-ring (bicyclic) bond motifs is 3. The van der Waals surface area contributed by atoms with Crippen molar-refractivity contribution in [2.24, 2.45) is 0 Å². The Kier molecular flexibility index (Phi) is 4.13. The van der Waals surface area contributed by atoms with Crippen LogP contribution in [0, 0.1) is 5.82 Å². The van der Waals surface area contributed by atoms with Crippen LogP contribution < -0.4 is 4.90 Å². The van der Waals surface area contributed by atoms with E-state index in [1.54, 1.807) is 4.52 Å². The molecule has 2 aromatic rings. The number of carbonyl (C=O) groups excluding carboxylic acids is 1. The second-order valence-corrected chi connectivity index (χ2v) is 8.92. The third-order valence-corrected chi connectivity index (χ3v) is 5.37. The molecule has 2 aromatic heterocycles. The van der Waals surface area contributed by atoms with Gasteiger partial charge in [0, 0.05) is 23.8 Å². The van der Waals surface area contributed by atoms with Gasteiger partial charge in [0.15, 0.2) is 5.82 Å². The Morgan fingerprint density at radius 1 is 1.31 bits per heavy atom. The molecule has 0 aromatic carbocycles. The van der Waals surface area contributed by atoms with E-state index in [1.165, 1.54) is 6.20 Å². The van der Waals surface area contributed by atoms with Crippen LogP contribution in [0.2, 0.25) is 0 Å². The molecule has 1 amide bonds. The molecule has 140 valence electrons. The van der Waals surface area contributed by atoms with Crippen molar-refractivity contribution in [2.75, 3.05) is 18.0 Å². The topological polar surface area (TPSA) is 50.1 Å². The smallest absolute Gasteiger partial charge is 0.410 e. The second-order valence-electron chi connectivity index (χ2n) is 8.01. The van der Waals surface area contributed by atoms with Gasteiger partial charge in [-0.1, -0.05) is 0 Å². The minimum absolute atomic E-state index is 0.0367. The van der Waals surface area contributed by atoms with E-state index in [1.807, 2.05) is 42.8 Å². The molecule has 2 bridgehead atoms. The van der Waals surface area contributed by atoms with Crippen LogP contribution in [0.3, 0.4) is 0 Å². The van der Waals surface area contributed by atoms with Gasteiger partial charge in [-0.2, -0.15) is 5.10 Å². The molecule has 2 aliphatic heterocycles. The molecule has 2 fully saturated rings. The summed E-state index contributed by atoms with van der Waals surface area (Å²) in [5.41, 5.74) is 0.753. The van der Waals surface area contributed by atoms with Crippen LogP contribution in [-0.2, 0) is 4.74 Å². The van der Waals surface area contributed by atoms with Gasteiger partial charge >= 0.3 is 6.09 Å². The third-order valence-electron chi connectivity index (χ3n) is 4.93. The number of anilines is 1. The monoisotopic (exact) mass is 424 g/mol. The molecule has 2 unspecified atom stereocenters. The highest BCUT2D eigenvalue weighted by Gasteiger charge is 2.45. The normalized spacial score (nSPS) is 23.0. The van der Waals surface area contributed by atoms with Gasteiger partial charge in [-0.05, 0) is 55.6 Å². The van der Waals surface area contributed by atoms with E-state index in [9.17, 15) is 9.18 Å². The molecule has 2 saturated heterocycles. The maximum Gasteiger partial charge on any atom is 0.410 e. The summed E-state index contributed by atoms with van der Waals surface area (Å²) in [5, 5.41) is 4.09. The van der Waals surface area contributed by atoms with Crippen LogP contribution >= 0.6 is 15.9 Å². The summed E-state index contributed by atoms with van der Waals surface area (Å²) in [4.78, 5) is 16.5. The van der Waals surface area contributed by atoms with E-state index >= 15 is 0 Å². The first-order chi connectivity index (χ1) is 12.2. The zero-order valence-electron chi connectivity index (χ0n) is 15.1. The Hall–Kier alpha value is -1.83. The quantitative estimate of drug-likeness (QED) is 0.697. The molecular weight excluding hydrogens is 403 g/mol. The van der Waals surface area contributed by atoms with Crippen molar-refractivity contribution in [1.29, 1.82) is 0 Å². The van der Waals surface area contributed by atoms with Crippen molar-refractivity contribution in [3.63, 3.8) is 0 Å². The predicted octanol–water partition coefficient (Wildman–Crippen LogP) is 3.82. The largest absolute Gasteiger partial charge is 0.444 e. The molecule has 0 spiro atoms. The lowest BCUT2D eigenvalue weighted by molar-refractivity contribution is 0.0123. The zero-order valence-corrected chi connectivity index (χ0v) is 16.7. The van der Waals surface area contributed by atoms with Crippen molar-refractivity contribution in [3.05, 3.63) is 28.7 Å². The Morgan fingerprint density at radius 3 is 2.58 bits per heavy atom. The minimum Gasteiger partial charge on any atom is -0.444 e.